The lowest BCUT2D eigenvalue weighted by Gasteiger charge is -2.26. The molecule has 3 nitrogen and oxygen atoms in total. The summed E-state index contributed by atoms with van der Waals surface area (Å²) in [5, 5.41) is 0.672. The Balaban J connectivity index is 1.90. The van der Waals surface area contributed by atoms with Crippen molar-refractivity contribution in [2.45, 2.75) is 18.9 Å². The summed E-state index contributed by atoms with van der Waals surface area (Å²) in [6.07, 6.45) is 4.02. The molecule has 2 heterocycles. The smallest absolute Gasteiger partial charge is 0.129 e. The summed E-state index contributed by atoms with van der Waals surface area (Å²) in [5.41, 5.74) is 1.28. The lowest BCUT2D eigenvalue weighted by Crippen LogP contribution is -2.23. The van der Waals surface area contributed by atoms with Gasteiger partial charge in [0.15, 0.2) is 0 Å². The van der Waals surface area contributed by atoms with Crippen molar-refractivity contribution in [2.75, 3.05) is 18.6 Å². The molecule has 0 amide bonds. The first-order valence-corrected chi connectivity index (χ1v) is 7.18. The third-order valence-electron chi connectivity index (χ3n) is 3.74. The number of methoxy groups -OCH3 is 1. The second-order valence-electron chi connectivity index (χ2n) is 4.96. The molecule has 0 N–H and O–H groups in total. The number of hydrogen-bond donors (Lipinski definition) is 0. The van der Waals surface area contributed by atoms with E-state index in [-0.39, 0.29) is 0 Å². The van der Waals surface area contributed by atoms with Crippen LogP contribution in [0.4, 0.5) is 5.82 Å². The molecule has 0 radical (unpaired) electrons. The predicted molar refractivity (Wildman–Crippen MR) is 81.6 cm³/mol. The number of aromatic nitrogens is 1. The number of halogens is 1. The van der Waals surface area contributed by atoms with Crippen molar-refractivity contribution in [3.05, 3.63) is 53.2 Å². The van der Waals surface area contributed by atoms with Crippen LogP contribution in [-0.2, 0) is 0 Å². The van der Waals surface area contributed by atoms with Crippen LogP contribution in [0.1, 0.15) is 24.4 Å². The van der Waals surface area contributed by atoms with Crippen LogP contribution in [0.25, 0.3) is 0 Å². The van der Waals surface area contributed by atoms with Crippen molar-refractivity contribution in [1.82, 2.24) is 4.98 Å². The van der Waals surface area contributed by atoms with Crippen LogP contribution in [0.2, 0.25) is 5.02 Å². The minimum atomic E-state index is 0.360. The highest BCUT2D eigenvalue weighted by Gasteiger charge is 2.27. The summed E-state index contributed by atoms with van der Waals surface area (Å²) in [6, 6.07) is 12.5. The fourth-order valence-electron chi connectivity index (χ4n) is 2.77. The number of pyridine rings is 1. The Morgan fingerprint density at radius 3 is 2.95 bits per heavy atom. The molecule has 0 spiro atoms. The maximum atomic E-state index is 5.91. The summed E-state index contributed by atoms with van der Waals surface area (Å²) < 4.78 is 5.32. The minimum Gasteiger partial charge on any atom is -0.497 e. The molecule has 1 aliphatic rings. The van der Waals surface area contributed by atoms with Gasteiger partial charge in [0.2, 0.25) is 0 Å². The van der Waals surface area contributed by atoms with Crippen molar-refractivity contribution in [3.8, 4) is 5.75 Å². The fraction of sp³-hybridized carbons (Fsp3) is 0.312. The van der Waals surface area contributed by atoms with Crippen LogP contribution in [0.15, 0.2) is 42.6 Å². The molecule has 1 aromatic carbocycles. The summed E-state index contributed by atoms with van der Waals surface area (Å²) in [4.78, 5) is 6.78. The van der Waals surface area contributed by atoms with E-state index in [4.69, 9.17) is 16.3 Å². The van der Waals surface area contributed by atoms with Gasteiger partial charge in [-0.05, 0) is 42.7 Å². The molecule has 0 bridgehead atoms. The van der Waals surface area contributed by atoms with Crippen molar-refractivity contribution >= 4 is 17.4 Å². The first-order valence-electron chi connectivity index (χ1n) is 6.80. The molecule has 0 aliphatic carbocycles. The van der Waals surface area contributed by atoms with E-state index < -0.39 is 0 Å². The number of rotatable bonds is 3. The highest BCUT2D eigenvalue weighted by atomic mass is 35.5. The third-order valence-corrected chi connectivity index (χ3v) is 3.96. The van der Waals surface area contributed by atoms with E-state index in [2.05, 4.69) is 22.0 Å². The Kier molecular flexibility index (Phi) is 3.79. The van der Waals surface area contributed by atoms with Gasteiger partial charge >= 0.3 is 0 Å². The number of hydrogen-bond acceptors (Lipinski definition) is 3. The summed E-state index contributed by atoms with van der Waals surface area (Å²) >= 11 is 5.91. The summed E-state index contributed by atoms with van der Waals surface area (Å²) in [5.74, 6) is 1.89. The molecular weight excluding hydrogens is 272 g/mol. The fourth-order valence-corrected chi connectivity index (χ4v) is 2.89. The molecule has 1 fully saturated rings. The van der Waals surface area contributed by atoms with Gasteiger partial charge in [0.05, 0.1) is 18.2 Å². The average Bonchev–Trinajstić information content (AvgIpc) is 2.97. The molecule has 1 atom stereocenters. The van der Waals surface area contributed by atoms with Gasteiger partial charge in [-0.3, -0.25) is 0 Å². The Hall–Kier alpha value is -1.74. The van der Waals surface area contributed by atoms with Gasteiger partial charge in [-0.25, -0.2) is 4.98 Å². The van der Waals surface area contributed by atoms with Gasteiger partial charge in [-0.15, -0.1) is 0 Å². The van der Waals surface area contributed by atoms with Crippen molar-refractivity contribution in [2.24, 2.45) is 0 Å². The first-order chi connectivity index (χ1) is 9.78. The highest BCUT2D eigenvalue weighted by molar-refractivity contribution is 6.30. The number of benzene rings is 1. The van der Waals surface area contributed by atoms with E-state index in [1.807, 2.05) is 24.3 Å². The number of ether oxygens (including phenoxy) is 1. The van der Waals surface area contributed by atoms with Crippen molar-refractivity contribution in [1.29, 1.82) is 0 Å². The maximum absolute atomic E-state index is 5.91. The molecular formula is C16H17ClN2O. The van der Waals surface area contributed by atoms with E-state index in [1.54, 1.807) is 13.3 Å². The Morgan fingerprint density at radius 2 is 2.20 bits per heavy atom. The Labute approximate surface area is 124 Å². The van der Waals surface area contributed by atoms with E-state index >= 15 is 0 Å². The molecule has 0 saturated carbocycles. The van der Waals surface area contributed by atoms with Gasteiger partial charge in [0, 0.05) is 12.7 Å². The molecule has 1 saturated heterocycles. The van der Waals surface area contributed by atoms with E-state index in [1.165, 1.54) is 12.0 Å². The molecule has 4 heteroatoms. The van der Waals surface area contributed by atoms with Crippen LogP contribution < -0.4 is 9.64 Å². The SMILES string of the molecule is COc1cccc(C2CCCN2c2ccc(Cl)cn2)c1. The molecule has 1 unspecified atom stereocenters. The molecule has 1 aliphatic heterocycles. The van der Waals surface area contributed by atoms with Crippen LogP contribution in [0, 0.1) is 0 Å². The van der Waals surface area contributed by atoms with E-state index in [0.29, 0.717) is 11.1 Å². The van der Waals surface area contributed by atoms with Crippen molar-refractivity contribution in [3.63, 3.8) is 0 Å². The third kappa shape index (κ3) is 2.59. The second kappa shape index (κ2) is 5.71. The zero-order valence-electron chi connectivity index (χ0n) is 11.4. The van der Waals surface area contributed by atoms with Gasteiger partial charge in [-0.1, -0.05) is 23.7 Å². The highest BCUT2D eigenvalue weighted by Crippen LogP contribution is 2.36. The monoisotopic (exact) mass is 288 g/mol. The molecule has 104 valence electrons. The topological polar surface area (TPSA) is 25.4 Å². The Bertz CT molecular complexity index is 585. The van der Waals surface area contributed by atoms with Gasteiger partial charge < -0.3 is 9.64 Å². The zero-order valence-corrected chi connectivity index (χ0v) is 12.2. The largest absolute Gasteiger partial charge is 0.497 e. The zero-order chi connectivity index (χ0) is 13.9. The van der Waals surface area contributed by atoms with Gasteiger partial charge in [0.25, 0.3) is 0 Å². The predicted octanol–water partition coefficient (Wildman–Crippen LogP) is 4.09. The quantitative estimate of drug-likeness (QED) is 0.851. The lowest BCUT2D eigenvalue weighted by atomic mass is 10.0. The molecule has 1 aromatic heterocycles. The number of nitrogens with zero attached hydrogens (tertiary/aromatic N) is 2. The maximum Gasteiger partial charge on any atom is 0.129 e. The van der Waals surface area contributed by atoms with Crippen molar-refractivity contribution < 1.29 is 4.74 Å². The second-order valence-corrected chi connectivity index (χ2v) is 5.40. The lowest BCUT2D eigenvalue weighted by molar-refractivity contribution is 0.414. The van der Waals surface area contributed by atoms with Crippen LogP contribution in [0.3, 0.4) is 0 Å². The van der Waals surface area contributed by atoms with Crippen LogP contribution in [0.5, 0.6) is 5.75 Å². The molecule has 2 aromatic rings. The van der Waals surface area contributed by atoms with Gasteiger partial charge in [0.1, 0.15) is 11.6 Å². The minimum absolute atomic E-state index is 0.360. The molecule has 20 heavy (non-hydrogen) atoms. The average molecular weight is 289 g/mol. The van der Waals surface area contributed by atoms with Gasteiger partial charge in [-0.2, -0.15) is 0 Å². The Morgan fingerprint density at radius 1 is 1.30 bits per heavy atom. The number of anilines is 1. The normalized spacial score (nSPS) is 18.3. The van der Waals surface area contributed by atoms with Crippen LogP contribution >= 0.6 is 11.6 Å². The summed E-state index contributed by atoms with van der Waals surface area (Å²) in [6.45, 7) is 1.02. The standard InChI is InChI=1S/C16H17ClN2O/c1-20-14-5-2-4-12(10-14)15-6-3-9-19(15)16-8-7-13(17)11-18-16/h2,4-5,7-8,10-11,15H,3,6,9H2,1H3. The van der Waals surface area contributed by atoms with E-state index in [9.17, 15) is 0 Å². The van der Waals surface area contributed by atoms with E-state index in [0.717, 1.165) is 24.5 Å². The first kappa shape index (κ1) is 13.3. The summed E-state index contributed by atoms with van der Waals surface area (Å²) in [7, 11) is 1.70. The van der Waals surface area contributed by atoms with Crippen LogP contribution in [-0.4, -0.2) is 18.6 Å². The molecule has 3 rings (SSSR count).